The molecule has 0 radical (unpaired) electrons. The lowest BCUT2D eigenvalue weighted by atomic mass is 9.97. The van der Waals surface area contributed by atoms with Crippen molar-refractivity contribution >= 4 is 0 Å². The number of benzene rings is 1. The second kappa shape index (κ2) is 7.52. The standard InChI is InChI=1S/C19H25N3/c1-2-16-6-8-17(9-7-16)19(22-13-11-20-12-14-22)15-18-5-3-4-10-21-18/h3-10,19-20H,2,11-15H2,1H3. The summed E-state index contributed by atoms with van der Waals surface area (Å²) in [6.45, 7) is 6.56. The summed E-state index contributed by atoms with van der Waals surface area (Å²) in [6, 6.07) is 15.8. The number of nitrogens with one attached hydrogen (secondary N) is 1. The van der Waals surface area contributed by atoms with Gasteiger partial charge in [0.15, 0.2) is 0 Å². The lowest BCUT2D eigenvalue weighted by Crippen LogP contribution is -2.45. The highest BCUT2D eigenvalue weighted by Crippen LogP contribution is 2.25. The normalized spacial score (nSPS) is 17.3. The van der Waals surface area contributed by atoms with Gasteiger partial charge in [0.05, 0.1) is 0 Å². The monoisotopic (exact) mass is 295 g/mol. The van der Waals surface area contributed by atoms with E-state index < -0.39 is 0 Å². The molecule has 0 aliphatic carbocycles. The number of piperazine rings is 1. The van der Waals surface area contributed by atoms with Gasteiger partial charge in [-0.1, -0.05) is 37.3 Å². The Labute approximate surface area is 133 Å². The molecule has 2 heterocycles. The van der Waals surface area contributed by atoms with Crippen LogP contribution in [-0.2, 0) is 12.8 Å². The topological polar surface area (TPSA) is 28.2 Å². The maximum atomic E-state index is 4.53. The molecular formula is C19H25N3. The summed E-state index contributed by atoms with van der Waals surface area (Å²) in [7, 11) is 0. The SMILES string of the molecule is CCc1ccc(C(Cc2ccccn2)N2CCNCC2)cc1. The van der Waals surface area contributed by atoms with Crippen LogP contribution < -0.4 is 5.32 Å². The van der Waals surface area contributed by atoms with Gasteiger partial charge >= 0.3 is 0 Å². The Morgan fingerprint density at radius 1 is 1.09 bits per heavy atom. The molecule has 2 aromatic rings. The van der Waals surface area contributed by atoms with E-state index in [0.29, 0.717) is 6.04 Å². The largest absolute Gasteiger partial charge is 0.314 e. The van der Waals surface area contributed by atoms with Gasteiger partial charge < -0.3 is 5.32 Å². The lowest BCUT2D eigenvalue weighted by molar-refractivity contribution is 0.171. The highest BCUT2D eigenvalue weighted by molar-refractivity contribution is 5.26. The zero-order valence-electron chi connectivity index (χ0n) is 13.3. The van der Waals surface area contributed by atoms with Crippen LogP contribution in [-0.4, -0.2) is 36.1 Å². The highest BCUT2D eigenvalue weighted by Gasteiger charge is 2.22. The molecule has 1 unspecified atom stereocenters. The summed E-state index contributed by atoms with van der Waals surface area (Å²) in [6.07, 6.45) is 3.97. The molecule has 0 saturated carbocycles. The number of hydrogen-bond acceptors (Lipinski definition) is 3. The summed E-state index contributed by atoms with van der Waals surface area (Å²) in [5, 5.41) is 3.45. The Kier molecular flexibility index (Phi) is 5.20. The van der Waals surface area contributed by atoms with E-state index in [-0.39, 0.29) is 0 Å². The van der Waals surface area contributed by atoms with Crippen LogP contribution in [0.15, 0.2) is 48.7 Å². The first-order chi connectivity index (χ1) is 10.9. The van der Waals surface area contributed by atoms with Crippen LogP contribution >= 0.6 is 0 Å². The predicted molar refractivity (Wildman–Crippen MR) is 90.9 cm³/mol. The van der Waals surface area contributed by atoms with E-state index in [4.69, 9.17) is 0 Å². The minimum Gasteiger partial charge on any atom is -0.314 e. The number of aromatic nitrogens is 1. The van der Waals surface area contributed by atoms with Crippen molar-refractivity contribution in [3.8, 4) is 0 Å². The molecule has 1 aromatic carbocycles. The van der Waals surface area contributed by atoms with Crippen molar-refractivity contribution in [1.29, 1.82) is 0 Å². The maximum absolute atomic E-state index is 4.53. The van der Waals surface area contributed by atoms with Gasteiger partial charge in [-0.05, 0) is 29.7 Å². The molecule has 22 heavy (non-hydrogen) atoms. The van der Waals surface area contributed by atoms with Gasteiger partial charge in [0.2, 0.25) is 0 Å². The van der Waals surface area contributed by atoms with Crippen LogP contribution in [0.3, 0.4) is 0 Å². The van der Waals surface area contributed by atoms with Crippen molar-refractivity contribution in [2.45, 2.75) is 25.8 Å². The molecule has 1 fully saturated rings. The Morgan fingerprint density at radius 2 is 1.86 bits per heavy atom. The molecule has 1 aliphatic rings. The molecule has 0 amide bonds. The molecule has 1 aromatic heterocycles. The lowest BCUT2D eigenvalue weighted by Gasteiger charge is -2.35. The second-order valence-corrected chi connectivity index (χ2v) is 5.92. The van der Waals surface area contributed by atoms with E-state index in [0.717, 1.165) is 39.0 Å². The van der Waals surface area contributed by atoms with Crippen molar-refractivity contribution in [1.82, 2.24) is 15.2 Å². The van der Waals surface area contributed by atoms with E-state index in [9.17, 15) is 0 Å². The smallest absolute Gasteiger partial charge is 0.0422 e. The molecule has 0 bridgehead atoms. The van der Waals surface area contributed by atoms with Crippen LogP contribution in [0.25, 0.3) is 0 Å². The zero-order chi connectivity index (χ0) is 15.2. The van der Waals surface area contributed by atoms with Crippen molar-refractivity contribution in [3.05, 3.63) is 65.5 Å². The molecule has 3 nitrogen and oxygen atoms in total. The highest BCUT2D eigenvalue weighted by atomic mass is 15.2. The third-order valence-electron chi connectivity index (χ3n) is 4.49. The first kappa shape index (κ1) is 15.2. The Hall–Kier alpha value is -1.71. The molecule has 1 aliphatic heterocycles. The average molecular weight is 295 g/mol. The van der Waals surface area contributed by atoms with Gasteiger partial charge in [0.1, 0.15) is 0 Å². The number of nitrogens with zero attached hydrogens (tertiary/aromatic N) is 2. The third-order valence-corrected chi connectivity index (χ3v) is 4.49. The van der Waals surface area contributed by atoms with Crippen LogP contribution in [0, 0.1) is 0 Å². The fourth-order valence-corrected chi connectivity index (χ4v) is 3.14. The quantitative estimate of drug-likeness (QED) is 0.919. The van der Waals surface area contributed by atoms with Gasteiger partial charge in [0, 0.05) is 50.5 Å². The van der Waals surface area contributed by atoms with Crippen LogP contribution in [0.1, 0.15) is 29.8 Å². The van der Waals surface area contributed by atoms with Gasteiger partial charge in [-0.3, -0.25) is 9.88 Å². The molecule has 0 spiro atoms. The summed E-state index contributed by atoms with van der Waals surface area (Å²) in [5.41, 5.74) is 3.98. The fourth-order valence-electron chi connectivity index (χ4n) is 3.14. The molecule has 1 saturated heterocycles. The van der Waals surface area contributed by atoms with E-state index >= 15 is 0 Å². The maximum Gasteiger partial charge on any atom is 0.0422 e. The Balaban J connectivity index is 1.83. The molecule has 3 heteroatoms. The first-order valence-electron chi connectivity index (χ1n) is 8.30. The molecule has 1 atom stereocenters. The van der Waals surface area contributed by atoms with Gasteiger partial charge in [-0.25, -0.2) is 0 Å². The zero-order valence-corrected chi connectivity index (χ0v) is 13.3. The molecular weight excluding hydrogens is 270 g/mol. The number of rotatable bonds is 5. The van der Waals surface area contributed by atoms with Gasteiger partial charge in [-0.15, -0.1) is 0 Å². The predicted octanol–water partition coefficient (Wildman–Crippen LogP) is 2.83. The summed E-state index contributed by atoms with van der Waals surface area (Å²) >= 11 is 0. The summed E-state index contributed by atoms with van der Waals surface area (Å²) in [4.78, 5) is 7.12. The first-order valence-corrected chi connectivity index (χ1v) is 8.30. The summed E-state index contributed by atoms with van der Waals surface area (Å²) in [5.74, 6) is 0. The van der Waals surface area contributed by atoms with E-state index in [1.807, 2.05) is 12.3 Å². The van der Waals surface area contributed by atoms with Crippen LogP contribution in [0.5, 0.6) is 0 Å². The summed E-state index contributed by atoms with van der Waals surface area (Å²) < 4.78 is 0. The number of pyridine rings is 1. The van der Waals surface area contributed by atoms with E-state index in [1.165, 1.54) is 16.8 Å². The number of aryl methyl sites for hydroxylation is 1. The molecule has 1 N–H and O–H groups in total. The van der Waals surface area contributed by atoms with E-state index in [2.05, 4.69) is 58.5 Å². The van der Waals surface area contributed by atoms with Crippen LogP contribution in [0.4, 0.5) is 0 Å². The number of hydrogen-bond donors (Lipinski definition) is 1. The Bertz CT molecular complexity index is 559. The molecule has 3 rings (SSSR count). The van der Waals surface area contributed by atoms with Gasteiger partial charge in [-0.2, -0.15) is 0 Å². The van der Waals surface area contributed by atoms with Crippen molar-refractivity contribution in [2.75, 3.05) is 26.2 Å². The van der Waals surface area contributed by atoms with Crippen LogP contribution in [0.2, 0.25) is 0 Å². The minimum atomic E-state index is 0.419. The van der Waals surface area contributed by atoms with Crippen molar-refractivity contribution < 1.29 is 0 Å². The Morgan fingerprint density at radius 3 is 2.50 bits per heavy atom. The third kappa shape index (κ3) is 3.73. The van der Waals surface area contributed by atoms with E-state index in [1.54, 1.807) is 0 Å². The minimum absolute atomic E-state index is 0.419. The van der Waals surface area contributed by atoms with Crippen molar-refractivity contribution in [2.24, 2.45) is 0 Å². The fraction of sp³-hybridized carbons (Fsp3) is 0.421. The van der Waals surface area contributed by atoms with Crippen molar-refractivity contribution in [3.63, 3.8) is 0 Å². The van der Waals surface area contributed by atoms with Gasteiger partial charge in [0.25, 0.3) is 0 Å². The molecule has 116 valence electrons. The second-order valence-electron chi connectivity index (χ2n) is 5.92. The average Bonchev–Trinajstić information content (AvgIpc) is 2.61.